The summed E-state index contributed by atoms with van der Waals surface area (Å²) in [5.74, 6) is 0.994. The molecule has 1 fully saturated rings. The van der Waals surface area contributed by atoms with Crippen molar-refractivity contribution in [3.63, 3.8) is 0 Å². The van der Waals surface area contributed by atoms with Crippen molar-refractivity contribution in [2.24, 2.45) is 5.92 Å². The lowest BCUT2D eigenvalue weighted by molar-refractivity contribution is 0.404. The van der Waals surface area contributed by atoms with Crippen molar-refractivity contribution >= 4 is 15.7 Å². The number of hydrogen-bond acceptors (Lipinski definition) is 4. The van der Waals surface area contributed by atoms with Gasteiger partial charge in [0.15, 0.2) is 0 Å². The molecule has 0 radical (unpaired) electrons. The van der Waals surface area contributed by atoms with E-state index in [1.165, 1.54) is 0 Å². The highest BCUT2D eigenvalue weighted by atomic mass is 32.2. The third-order valence-electron chi connectivity index (χ3n) is 3.20. The van der Waals surface area contributed by atoms with Crippen LogP contribution < -0.4 is 14.8 Å². The Morgan fingerprint density at radius 1 is 1.47 bits per heavy atom. The maximum absolute atomic E-state index is 12.1. The smallest absolute Gasteiger partial charge is 0.233 e. The Morgan fingerprint density at radius 3 is 3.00 bits per heavy atom. The molecule has 2 rings (SSSR count). The van der Waals surface area contributed by atoms with Gasteiger partial charge in [-0.15, -0.1) is 0 Å². The summed E-state index contributed by atoms with van der Waals surface area (Å²) >= 11 is 0. The lowest BCUT2D eigenvalue weighted by atomic mass is 10.0. The van der Waals surface area contributed by atoms with E-state index in [1.54, 1.807) is 31.4 Å². The minimum atomic E-state index is -3.30. The van der Waals surface area contributed by atoms with Crippen LogP contribution in [0.3, 0.4) is 0 Å². The van der Waals surface area contributed by atoms with Gasteiger partial charge in [-0.3, -0.25) is 4.72 Å². The summed E-state index contributed by atoms with van der Waals surface area (Å²) in [6.45, 7) is 1.76. The molecule has 5 nitrogen and oxygen atoms in total. The van der Waals surface area contributed by atoms with E-state index in [4.69, 9.17) is 4.74 Å². The minimum absolute atomic E-state index is 0.164. The molecule has 6 heteroatoms. The van der Waals surface area contributed by atoms with E-state index in [-0.39, 0.29) is 11.7 Å². The summed E-state index contributed by atoms with van der Waals surface area (Å²) in [7, 11) is -1.75. The van der Waals surface area contributed by atoms with Gasteiger partial charge in [-0.1, -0.05) is 6.07 Å². The molecule has 0 spiro atoms. The van der Waals surface area contributed by atoms with Crippen molar-refractivity contribution in [3.8, 4) is 5.75 Å². The normalized spacial score (nSPS) is 19.9. The van der Waals surface area contributed by atoms with Gasteiger partial charge in [0.2, 0.25) is 10.0 Å². The molecule has 1 heterocycles. The van der Waals surface area contributed by atoms with Crippen molar-refractivity contribution in [1.82, 2.24) is 5.32 Å². The molecule has 1 saturated heterocycles. The molecule has 106 valence electrons. The van der Waals surface area contributed by atoms with Crippen molar-refractivity contribution in [2.75, 3.05) is 30.7 Å². The highest BCUT2D eigenvalue weighted by Gasteiger charge is 2.21. The predicted molar refractivity (Wildman–Crippen MR) is 76.0 cm³/mol. The molecule has 1 atom stereocenters. The van der Waals surface area contributed by atoms with Gasteiger partial charge in [0.25, 0.3) is 0 Å². The van der Waals surface area contributed by atoms with Crippen LogP contribution in [-0.2, 0) is 10.0 Å². The third kappa shape index (κ3) is 4.40. The van der Waals surface area contributed by atoms with Crippen molar-refractivity contribution in [3.05, 3.63) is 24.3 Å². The van der Waals surface area contributed by atoms with Gasteiger partial charge in [0.1, 0.15) is 5.75 Å². The molecule has 0 aromatic heterocycles. The van der Waals surface area contributed by atoms with E-state index in [2.05, 4.69) is 10.0 Å². The van der Waals surface area contributed by atoms with E-state index in [1.807, 2.05) is 0 Å². The summed E-state index contributed by atoms with van der Waals surface area (Å²) in [5.41, 5.74) is 0.545. The summed E-state index contributed by atoms with van der Waals surface area (Å²) in [6.07, 6.45) is 2.01. The minimum Gasteiger partial charge on any atom is -0.497 e. The lowest BCUT2D eigenvalue weighted by Gasteiger charge is -2.22. The second kappa shape index (κ2) is 6.25. The summed E-state index contributed by atoms with van der Waals surface area (Å²) in [5, 5.41) is 3.23. The molecule has 1 aliphatic rings. The van der Waals surface area contributed by atoms with Crippen molar-refractivity contribution in [2.45, 2.75) is 12.8 Å². The lowest BCUT2D eigenvalue weighted by Crippen LogP contribution is -2.35. The highest BCUT2D eigenvalue weighted by Crippen LogP contribution is 2.19. The monoisotopic (exact) mass is 284 g/mol. The number of anilines is 1. The van der Waals surface area contributed by atoms with Crippen LogP contribution in [0, 0.1) is 5.92 Å². The molecular weight excluding hydrogens is 264 g/mol. The number of sulfonamides is 1. The number of piperidine rings is 1. The van der Waals surface area contributed by atoms with Crippen LogP contribution in [0.5, 0.6) is 5.75 Å². The van der Waals surface area contributed by atoms with Gasteiger partial charge in [-0.2, -0.15) is 0 Å². The maximum Gasteiger partial charge on any atom is 0.233 e. The zero-order valence-electron chi connectivity index (χ0n) is 11.1. The average Bonchev–Trinajstić information content (AvgIpc) is 2.39. The van der Waals surface area contributed by atoms with E-state index >= 15 is 0 Å². The summed E-state index contributed by atoms with van der Waals surface area (Å²) < 4.78 is 31.9. The standard InChI is InChI=1S/C13H20N2O3S/c1-18-13-6-2-5-12(8-13)15-19(16,17)10-11-4-3-7-14-9-11/h2,5-6,8,11,14-15H,3-4,7,9-10H2,1H3. The highest BCUT2D eigenvalue weighted by molar-refractivity contribution is 7.92. The maximum atomic E-state index is 12.1. The van der Waals surface area contributed by atoms with Crippen molar-refractivity contribution < 1.29 is 13.2 Å². The number of rotatable bonds is 5. The molecule has 2 N–H and O–H groups in total. The molecule has 0 amide bonds. The van der Waals surface area contributed by atoms with Gasteiger partial charge in [-0.05, 0) is 44.0 Å². The second-order valence-corrected chi connectivity index (χ2v) is 6.59. The SMILES string of the molecule is COc1cccc(NS(=O)(=O)CC2CCCNC2)c1. The molecular formula is C13H20N2O3S. The van der Waals surface area contributed by atoms with Gasteiger partial charge in [-0.25, -0.2) is 8.42 Å². The van der Waals surface area contributed by atoms with E-state index < -0.39 is 10.0 Å². The molecule has 1 unspecified atom stereocenters. The van der Waals surface area contributed by atoms with Crippen LogP contribution in [0.2, 0.25) is 0 Å². The van der Waals surface area contributed by atoms with Crippen LogP contribution in [0.4, 0.5) is 5.69 Å². The first-order valence-corrected chi connectivity index (χ1v) is 8.09. The largest absolute Gasteiger partial charge is 0.497 e. The van der Waals surface area contributed by atoms with Crippen molar-refractivity contribution in [1.29, 1.82) is 0 Å². The average molecular weight is 284 g/mol. The van der Waals surface area contributed by atoms with Gasteiger partial charge < -0.3 is 10.1 Å². The second-order valence-electron chi connectivity index (χ2n) is 4.83. The predicted octanol–water partition coefficient (Wildman–Crippen LogP) is 1.44. The molecule has 1 aromatic carbocycles. The van der Waals surface area contributed by atoms with E-state index in [0.717, 1.165) is 25.9 Å². The Kier molecular flexibility index (Phi) is 4.66. The molecule has 1 aliphatic heterocycles. The van der Waals surface area contributed by atoms with E-state index in [0.29, 0.717) is 11.4 Å². The Bertz CT molecular complexity index is 510. The Morgan fingerprint density at radius 2 is 2.32 bits per heavy atom. The van der Waals surface area contributed by atoms with Crippen LogP contribution in [-0.4, -0.2) is 34.4 Å². The molecule has 19 heavy (non-hydrogen) atoms. The Labute approximate surface area is 114 Å². The molecule has 0 aliphatic carbocycles. The molecule has 1 aromatic rings. The quantitative estimate of drug-likeness (QED) is 0.858. The first-order valence-electron chi connectivity index (χ1n) is 6.44. The van der Waals surface area contributed by atoms with Gasteiger partial charge in [0.05, 0.1) is 18.6 Å². The van der Waals surface area contributed by atoms with Crippen LogP contribution in [0.1, 0.15) is 12.8 Å². The topological polar surface area (TPSA) is 67.4 Å². The molecule has 0 bridgehead atoms. The number of ether oxygens (including phenoxy) is 1. The first kappa shape index (κ1) is 14.1. The fourth-order valence-corrected chi connectivity index (χ4v) is 3.76. The Hall–Kier alpha value is -1.27. The summed E-state index contributed by atoms with van der Waals surface area (Å²) in [4.78, 5) is 0. The molecule has 0 saturated carbocycles. The van der Waals surface area contributed by atoms with Gasteiger partial charge in [0, 0.05) is 6.07 Å². The fraction of sp³-hybridized carbons (Fsp3) is 0.538. The van der Waals surface area contributed by atoms with Crippen LogP contribution in [0.25, 0.3) is 0 Å². The first-order chi connectivity index (χ1) is 9.09. The fourth-order valence-electron chi connectivity index (χ4n) is 2.28. The van der Waals surface area contributed by atoms with Crippen LogP contribution >= 0.6 is 0 Å². The van der Waals surface area contributed by atoms with Gasteiger partial charge >= 0.3 is 0 Å². The zero-order valence-corrected chi connectivity index (χ0v) is 11.9. The number of methoxy groups -OCH3 is 1. The zero-order chi connectivity index (χ0) is 13.7. The Balaban J connectivity index is 1.99. The number of benzene rings is 1. The summed E-state index contributed by atoms with van der Waals surface area (Å²) in [6, 6.07) is 6.94. The number of hydrogen-bond donors (Lipinski definition) is 2. The van der Waals surface area contributed by atoms with Crippen LogP contribution in [0.15, 0.2) is 24.3 Å². The third-order valence-corrected chi connectivity index (χ3v) is 4.65. The van der Waals surface area contributed by atoms with E-state index in [9.17, 15) is 8.42 Å². The number of nitrogens with one attached hydrogen (secondary N) is 2.